The van der Waals surface area contributed by atoms with E-state index in [4.69, 9.17) is 0 Å². The van der Waals surface area contributed by atoms with Crippen molar-refractivity contribution in [3.05, 3.63) is 42.3 Å². The molecule has 2 N–H and O–H groups in total. The number of aromatic nitrogens is 2. The summed E-state index contributed by atoms with van der Waals surface area (Å²) in [6, 6.07) is 8.20. The fourth-order valence-electron chi connectivity index (χ4n) is 1.35. The third-order valence-corrected chi connectivity index (χ3v) is 3.25. The predicted octanol–water partition coefficient (Wildman–Crippen LogP) is 2.67. The van der Waals surface area contributed by atoms with Crippen molar-refractivity contribution in [1.82, 2.24) is 10.2 Å². The van der Waals surface area contributed by atoms with Gasteiger partial charge in [-0.25, -0.2) is 4.39 Å². The summed E-state index contributed by atoms with van der Waals surface area (Å²) in [5.41, 5.74) is 0. The van der Waals surface area contributed by atoms with Gasteiger partial charge in [-0.3, -0.25) is 9.89 Å². The van der Waals surface area contributed by atoms with Crippen molar-refractivity contribution in [2.45, 2.75) is 11.3 Å². The van der Waals surface area contributed by atoms with Crippen molar-refractivity contribution >= 4 is 23.5 Å². The first-order chi connectivity index (χ1) is 8.75. The number of amides is 1. The summed E-state index contributed by atoms with van der Waals surface area (Å²) in [7, 11) is 0. The van der Waals surface area contributed by atoms with Crippen LogP contribution in [-0.2, 0) is 4.79 Å². The molecule has 2 aromatic rings. The molecular weight excluding hydrogens is 253 g/mol. The number of hydrogen-bond donors (Lipinski definition) is 2. The molecule has 0 bridgehead atoms. The molecule has 0 saturated heterocycles. The van der Waals surface area contributed by atoms with Crippen LogP contribution in [-0.4, -0.2) is 21.9 Å². The Balaban J connectivity index is 1.75. The van der Waals surface area contributed by atoms with Crippen molar-refractivity contribution in [2.75, 3.05) is 11.1 Å². The molecule has 0 aliphatic heterocycles. The highest BCUT2D eigenvalue weighted by molar-refractivity contribution is 7.99. The Morgan fingerprint density at radius 3 is 2.94 bits per heavy atom. The van der Waals surface area contributed by atoms with E-state index in [1.165, 1.54) is 17.8 Å². The number of nitrogens with zero attached hydrogens (tertiary/aromatic N) is 1. The number of rotatable bonds is 5. The predicted molar refractivity (Wildman–Crippen MR) is 69.0 cm³/mol. The fourth-order valence-corrected chi connectivity index (χ4v) is 2.24. The van der Waals surface area contributed by atoms with Crippen LogP contribution in [0.4, 0.5) is 10.2 Å². The van der Waals surface area contributed by atoms with Gasteiger partial charge in [0.05, 0.1) is 6.20 Å². The number of carbonyl (C=O) groups excluding carboxylic acids is 1. The first-order valence-electron chi connectivity index (χ1n) is 5.42. The molecule has 0 fully saturated rings. The molecule has 0 saturated carbocycles. The van der Waals surface area contributed by atoms with Crippen LogP contribution < -0.4 is 5.32 Å². The average Bonchev–Trinajstić information content (AvgIpc) is 2.84. The molecular formula is C12H12FN3OS. The van der Waals surface area contributed by atoms with Gasteiger partial charge >= 0.3 is 0 Å². The van der Waals surface area contributed by atoms with Gasteiger partial charge in [0.15, 0.2) is 0 Å². The number of carbonyl (C=O) groups is 1. The second-order valence-electron chi connectivity index (χ2n) is 3.55. The summed E-state index contributed by atoms with van der Waals surface area (Å²) >= 11 is 1.33. The zero-order valence-electron chi connectivity index (χ0n) is 9.52. The molecule has 0 radical (unpaired) electrons. The molecule has 1 aromatic carbocycles. The maximum atomic E-state index is 13.3. The Kier molecular flexibility index (Phi) is 4.35. The zero-order chi connectivity index (χ0) is 12.8. The number of anilines is 1. The molecule has 1 heterocycles. The van der Waals surface area contributed by atoms with Gasteiger partial charge in [0.2, 0.25) is 5.91 Å². The summed E-state index contributed by atoms with van der Waals surface area (Å²) in [4.78, 5) is 12.1. The van der Waals surface area contributed by atoms with Gasteiger partial charge < -0.3 is 5.32 Å². The van der Waals surface area contributed by atoms with Gasteiger partial charge in [-0.15, -0.1) is 11.8 Å². The van der Waals surface area contributed by atoms with Crippen LogP contribution in [0.5, 0.6) is 0 Å². The molecule has 0 unspecified atom stereocenters. The Morgan fingerprint density at radius 2 is 2.22 bits per heavy atom. The number of nitrogens with one attached hydrogen (secondary N) is 2. The van der Waals surface area contributed by atoms with Crippen LogP contribution >= 0.6 is 11.8 Å². The van der Waals surface area contributed by atoms with E-state index in [9.17, 15) is 9.18 Å². The normalized spacial score (nSPS) is 10.3. The summed E-state index contributed by atoms with van der Waals surface area (Å²) in [6.07, 6.45) is 1.88. The Labute approximate surface area is 108 Å². The highest BCUT2D eigenvalue weighted by atomic mass is 32.2. The van der Waals surface area contributed by atoms with E-state index < -0.39 is 0 Å². The van der Waals surface area contributed by atoms with Crippen LogP contribution in [0.2, 0.25) is 0 Å². The molecule has 4 nitrogen and oxygen atoms in total. The fraction of sp³-hybridized carbons (Fsp3) is 0.167. The summed E-state index contributed by atoms with van der Waals surface area (Å²) < 4.78 is 13.3. The van der Waals surface area contributed by atoms with Gasteiger partial charge in [0.1, 0.15) is 11.6 Å². The molecule has 94 valence electrons. The molecule has 1 aromatic heterocycles. The second-order valence-corrected chi connectivity index (χ2v) is 4.68. The van der Waals surface area contributed by atoms with Crippen LogP contribution in [0.25, 0.3) is 0 Å². The number of benzene rings is 1. The number of halogens is 1. The van der Waals surface area contributed by atoms with Crippen LogP contribution in [0.15, 0.2) is 41.4 Å². The lowest BCUT2D eigenvalue weighted by Crippen LogP contribution is -2.12. The van der Waals surface area contributed by atoms with E-state index in [1.807, 2.05) is 0 Å². The molecule has 0 atom stereocenters. The number of thioether (sulfide) groups is 1. The van der Waals surface area contributed by atoms with Crippen LogP contribution in [0, 0.1) is 5.82 Å². The summed E-state index contributed by atoms with van der Waals surface area (Å²) in [5.74, 6) is 0.719. The van der Waals surface area contributed by atoms with Crippen LogP contribution in [0.1, 0.15) is 6.42 Å². The van der Waals surface area contributed by atoms with Gasteiger partial charge in [0, 0.05) is 23.1 Å². The van der Waals surface area contributed by atoms with Gasteiger partial charge in [-0.2, -0.15) is 5.10 Å². The lowest BCUT2D eigenvalue weighted by atomic mass is 10.3. The Morgan fingerprint density at radius 1 is 1.39 bits per heavy atom. The molecule has 6 heteroatoms. The van der Waals surface area contributed by atoms with Gasteiger partial charge in [-0.05, 0) is 12.1 Å². The lowest BCUT2D eigenvalue weighted by Gasteiger charge is -2.03. The monoisotopic (exact) mass is 265 g/mol. The maximum absolute atomic E-state index is 13.3. The van der Waals surface area contributed by atoms with E-state index >= 15 is 0 Å². The summed E-state index contributed by atoms with van der Waals surface area (Å²) in [5, 5.41) is 9.02. The smallest absolute Gasteiger partial charge is 0.226 e. The van der Waals surface area contributed by atoms with Gasteiger partial charge in [0.25, 0.3) is 0 Å². The molecule has 1 amide bonds. The van der Waals surface area contributed by atoms with Crippen molar-refractivity contribution in [1.29, 1.82) is 0 Å². The van der Waals surface area contributed by atoms with Crippen molar-refractivity contribution in [3.63, 3.8) is 0 Å². The third kappa shape index (κ3) is 3.59. The first kappa shape index (κ1) is 12.6. The first-order valence-corrected chi connectivity index (χ1v) is 6.41. The third-order valence-electron chi connectivity index (χ3n) is 2.20. The van der Waals surface area contributed by atoms with Crippen LogP contribution in [0.3, 0.4) is 0 Å². The van der Waals surface area contributed by atoms with E-state index in [-0.39, 0.29) is 11.7 Å². The molecule has 0 spiro atoms. The molecule has 0 aliphatic rings. The summed E-state index contributed by atoms with van der Waals surface area (Å²) in [6.45, 7) is 0. The minimum atomic E-state index is -0.253. The van der Waals surface area contributed by atoms with E-state index in [1.54, 1.807) is 30.5 Å². The van der Waals surface area contributed by atoms with E-state index in [0.29, 0.717) is 22.9 Å². The second kappa shape index (κ2) is 6.20. The maximum Gasteiger partial charge on any atom is 0.226 e. The van der Waals surface area contributed by atoms with E-state index in [0.717, 1.165) is 0 Å². The molecule has 0 aliphatic carbocycles. The zero-order valence-corrected chi connectivity index (χ0v) is 10.3. The largest absolute Gasteiger partial charge is 0.311 e. The highest BCUT2D eigenvalue weighted by Gasteiger charge is 2.05. The molecule has 18 heavy (non-hydrogen) atoms. The minimum absolute atomic E-state index is 0.122. The molecule has 2 rings (SSSR count). The van der Waals surface area contributed by atoms with Crippen molar-refractivity contribution < 1.29 is 9.18 Å². The number of aromatic amines is 1. The van der Waals surface area contributed by atoms with E-state index in [2.05, 4.69) is 15.5 Å². The number of H-pyrrole nitrogens is 1. The minimum Gasteiger partial charge on any atom is -0.311 e. The Hall–Kier alpha value is -1.82. The van der Waals surface area contributed by atoms with Crippen molar-refractivity contribution in [2.24, 2.45) is 0 Å². The van der Waals surface area contributed by atoms with Gasteiger partial charge in [-0.1, -0.05) is 12.1 Å². The standard InChI is InChI=1S/C12H12FN3OS/c13-9-3-1-2-4-10(9)18-8-6-12(17)15-11-5-7-14-16-11/h1-5,7H,6,8H2,(H2,14,15,16,17). The topological polar surface area (TPSA) is 57.8 Å². The van der Waals surface area contributed by atoms with Crippen molar-refractivity contribution in [3.8, 4) is 0 Å². The highest BCUT2D eigenvalue weighted by Crippen LogP contribution is 2.21. The SMILES string of the molecule is O=C(CCSc1ccccc1F)Nc1ccn[nH]1. The Bertz CT molecular complexity index is 516. The number of hydrogen-bond acceptors (Lipinski definition) is 3. The lowest BCUT2D eigenvalue weighted by molar-refractivity contribution is -0.115. The quantitative estimate of drug-likeness (QED) is 0.817. The average molecular weight is 265 g/mol.